The first-order valence-electron chi connectivity index (χ1n) is 19.8. The standard InChI is InChI=1S/C24H29F3N4O2S.C10H8ClNO2.C4H7NO3S.2C2H4.2C2H2/c1-23(2,3)19(21(33)31-12-4-5-18(31)20(32)28-16-10-11-16)30-22-29-17(13-34-22)14-6-8-15(9-7-14)24(25,26)27;1-14-9-5-12-10(13)8-4-6(11)2-3-7(8)9;6-3-5-9(7,8)4-1-2-4;4*1-2/h6-9,13,16,18-19H,4-5,10-12H2,1-3H3,(H,28,32)(H,29,30);2-5H,1H3,(H,12,13);3-4H,1-2H2,(H,5,6);2*1-2H2;2*1-2H/t18-,19+;;;;;;/m0....../s1. The summed E-state index contributed by atoms with van der Waals surface area (Å²) in [4.78, 5) is 56.1. The third-order valence-corrected chi connectivity index (χ3v) is 12.2. The number of terminal acetylenes is 2. The maximum absolute atomic E-state index is 13.6. The highest BCUT2D eigenvalue weighted by Crippen LogP contribution is 2.34. The van der Waals surface area contributed by atoms with E-state index in [4.69, 9.17) is 16.3 Å². The molecular weight excluding hydrogens is 905 g/mol. The van der Waals surface area contributed by atoms with Crippen molar-refractivity contribution in [1.82, 2.24) is 24.9 Å². The van der Waals surface area contributed by atoms with E-state index in [1.54, 1.807) is 46.5 Å². The summed E-state index contributed by atoms with van der Waals surface area (Å²) in [7, 11) is -1.70. The first kappa shape index (κ1) is 56.9. The summed E-state index contributed by atoms with van der Waals surface area (Å²) in [5, 5.41) is 10.0. The van der Waals surface area contributed by atoms with Crippen LogP contribution in [0.15, 0.2) is 85.2 Å². The zero-order chi connectivity index (χ0) is 49.7. The summed E-state index contributed by atoms with van der Waals surface area (Å²) in [5.74, 6) is 0.406. The summed E-state index contributed by atoms with van der Waals surface area (Å²) in [6.07, 6.45) is 18.1. The number of H-pyrrole nitrogens is 1. The normalized spacial score (nSPS) is 15.4. The summed E-state index contributed by atoms with van der Waals surface area (Å²) < 4.78 is 66.7. The maximum atomic E-state index is 13.6. The number of anilines is 1. The van der Waals surface area contributed by atoms with Gasteiger partial charge in [-0.3, -0.25) is 23.9 Å². The monoisotopic (exact) mass is 960 g/mol. The highest BCUT2D eigenvalue weighted by Gasteiger charge is 2.42. The van der Waals surface area contributed by atoms with Crippen LogP contribution in [0.25, 0.3) is 22.0 Å². The molecule has 65 heavy (non-hydrogen) atoms. The molecule has 2 aromatic heterocycles. The van der Waals surface area contributed by atoms with Crippen molar-refractivity contribution in [2.75, 3.05) is 19.0 Å². The number of aromatic amines is 1. The van der Waals surface area contributed by atoms with Crippen LogP contribution in [-0.4, -0.2) is 78.5 Å². The number of carbonyl (C=O) groups is 3. The number of hydrogen-bond acceptors (Lipinski definition) is 10. The van der Waals surface area contributed by atoms with Crippen LogP contribution in [-0.2, 0) is 30.6 Å². The number of methoxy groups -OCH3 is 1. The molecule has 0 unspecified atom stereocenters. The van der Waals surface area contributed by atoms with Gasteiger partial charge in [0, 0.05) is 40.1 Å². The van der Waals surface area contributed by atoms with E-state index in [-0.39, 0.29) is 35.1 Å². The third kappa shape index (κ3) is 17.1. The second-order valence-corrected chi connectivity index (χ2v) is 18.2. The van der Waals surface area contributed by atoms with Crippen molar-refractivity contribution >= 4 is 67.1 Å². The third-order valence-electron chi connectivity index (χ3n) is 9.38. The second kappa shape index (κ2) is 26.6. The van der Waals surface area contributed by atoms with Crippen molar-refractivity contribution in [1.29, 1.82) is 0 Å². The van der Waals surface area contributed by atoms with Gasteiger partial charge in [-0.1, -0.05) is 44.5 Å². The smallest absolute Gasteiger partial charge is 0.416 e. The molecule has 4 aromatic rings. The Kier molecular flexibility index (Phi) is 23.3. The number of amides is 3. The number of ether oxygens (including phenoxy) is 1. The number of rotatable bonds is 10. The Morgan fingerprint density at radius 3 is 2.09 bits per heavy atom. The number of aromatic nitrogens is 2. The van der Waals surface area contributed by atoms with Gasteiger partial charge in [0.25, 0.3) is 5.56 Å². The number of pyridine rings is 1. The molecule has 2 aliphatic carbocycles. The van der Waals surface area contributed by atoms with Gasteiger partial charge >= 0.3 is 6.18 Å². The van der Waals surface area contributed by atoms with E-state index in [1.807, 2.05) is 20.8 Å². The van der Waals surface area contributed by atoms with E-state index >= 15 is 0 Å². The Morgan fingerprint density at radius 1 is 0.985 bits per heavy atom. The molecule has 0 radical (unpaired) electrons. The van der Waals surface area contributed by atoms with Gasteiger partial charge in [0.1, 0.15) is 17.8 Å². The molecule has 3 heterocycles. The van der Waals surface area contributed by atoms with Crippen molar-refractivity contribution < 1.29 is 40.7 Å². The molecule has 3 aliphatic rings. The molecule has 1 saturated heterocycles. The predicted octanol–water partition coefficient (Wildman–Crippen LogP) is 8.44. The van der Waals surface area contributed by atoms with E-state index in [1.165, 1.54) is 23.5 Å². The summed E-state index contributed by atoms with van der Waals surface area (Å²) in [5.41, 5.74) is -0.244. The maximum Gasteiger partial charge on any atom is 0.416 e. The Morgan fingerprint density at radius 2 is 1.58 bits per heavy atom. The van der Waals surface area contributed by atoms with Gasteiger partial charge in [0.15, 0.2) is 5.13 Å². The van der Waals surface area contributed by atoms with Crippen molar-refractivity contribution in [2.45, 2.75) is 88.8 Å². The highest BCUT2D eigenvalue weighted by molar-refractivity contribution is 7.90. The van der Waals surface area contributed by atoms with Crippen LogP contribution in [0.3, 0.4) is 0 Å². The minimum atomic E-state index is -4.39. The van der Waals surface area contributed by atoms with Crippen molar-refractivity contribution in [3.63, 3.8) is 0 Å². The number of likely N-dealkylation sites (tertiary alicyclic amines) is 1. The number of thiazole rings is 1. The molecular formula is C46H56ClF3N6O7S2. The fourth-order valence-electron chi connectivity index (χ4n) is 5.98. The Labute approximate surface area is 388 Å². The van der Waals surface area contributed by atoms with Gasteiger partial charge in [0.05, 0.1) is 29.0 Å². The molecule has 1 aliphatic heterocycles. The number of halogens is 4. The molecule has 4 N–H and O–H groups in total. The minimum Gasteiger partial charge on any atom is -0.495 e. The molecule has 19 heteroatoms. The molecule has 2 aromatic carbocycles. The highest BCUT2D eigenvalue weighted by atomic mass is 35.5. The van der Waals surface area contributed by atoms with Gasteiger partial charge in [-0.05, 0) is 74.3 Å². The van der Waals surface area contributed by atoms with E-state index in [2.05, 4.69) is 72.6 Å². The lowest BCUT2D eigenvalue weighted by Gasteiger charge is -2.35. The van der Waals surface area contributed by atoms with Gasteiger partial charge in [-0.25, -0.2) is 13.4 Å². The molecule has 3 amide bonds. The zero-order valence-electron chi connectivity index (χ0n) is 36.8. The van der Waals surface area contributed by atoms with Gasteiger partial charge in [-0.2, -0.15) is 13.2 Å². The van der Waals surface area contributed by atoms with Gasteiger partial charge < -0.3 is 25.3 Å². The first-order valence-corrected chi connectivity index (χ1v) is 22.6. The van der Waals surface area contributed by atoms with Crippen LogP contribution in [0, 0.1) is 31.1 Å². The molecule has 7 rings (SSSR count). The van der Waals surface area contributed by atoms with E-state index in [0.717, 1.165) is 36.8 Å². The largest absolute Gasteiger partial charge is 0.495 e. The number of alkyl halides is 3. The number of nitrogens with one attached hydrogen (secondary N) is 4. The van der Waals surface area contributed by atoms with E-state index in [0.29, 0.717) is 58.4 Å². The lowest BCUT2D eigenvalue weighted by Crippen LogP contribution is -2.54. The van der Waals surface area contributed by atoms with Crippen molar-refractivity contribution in [3.05, 3.63) is 101 Å². The molecule has 352 valence electrons. The molecule has 2 saturated carbocycles. The van der Waals surface area contributed by atoms with Crippen LogP contribution in [0.1, 0.15) is 64.9 Å². The Balaban J connectivity index is 0.000000556. The molecule has 2 atom stereocenters. The zero-order valence-corrected chi connectivity index (χ0v) is 39.1. The van der Waals surface area contributed by atoms with Crippen LogP contribution in [0.2, 0.25) is 5.02 Å². The molecule has 0 bridgehead atoms. The number of fused-ring (bicyclic) bond motifs is 1. The van der Waals surface area contributed by atoms with Gasteiger partial charge in [-0.15, -0.1) is 63.3 Å². The van der Waals surface area contributed by atoms with Crippen LogP contribution in [0.5, 0.6) is 5.75 Å². The van der Waals surface area contributed by atoms with Crippen molar-refractivity contribution in [3.8, 4) is 42.7 Å². The van der Waals surface area contributed by atoms with Crippen LogP contribution < -0.4 is 25.7 Å². The Hall–Kier alpha value is -6.08. The van der Waals surface area contributed by atoms with Gasteiger partial charge in [0.2, 0.25) is 28.2 Å². The minimum absolute atomic E-state index is 0.0835. The Bertz CT molecular complexity index is 2360. The average molecular weight is 962 g/mol. The lowest BCUT2D eigenvalue weighted by atomic mass is 9.85. The average Bonchev–Trinajstić information content (AvgIpc) is 4.22. The topological polar surface area (TPSA) is 180 Å². The molecule has 0 spiro atoms. The molecule has 3 fully saturated rings. The summed E-state index contributed by atoms with van der Waals surface area (Å²) in [6, 6.07) is 9.12. The fourth-order valence-corrected chi connectivity index (χ4v) is 7.99. The van der Waals surface area contributed by atoms with Crippen LogP contribution >= 0.6 is 22.9 Å². The number of benzene rings is 2. The molecule has 13 nitrogen and oxygen atoms in total. The summed E-state index contributed by atoms with van der Waals surface area (Å²) in [6.45, 7) is 18.4. The number of carbonyl (C=O) groups excluding carboxylic acids is 3. The summed E-state index contributed by atoms with van der Waals surface area (Å²) >= 11 is 7.08. The van der Waals surface area contributed by atoms with Crippen molar-refractivity contribution in [2.24, 2.45) is 5.41 Å². The number of sulfonamides is 1. The van der Waals surface area contributed by atoms with E-state index < -0.39 is 39.3 Å². The van der Waals surface area contributed by atoms with Crippen LogP contribution in [0.4, 0.5) is 18.3 Å². The second-order valence-electron chi connectivity index (χ2n) is 14.9. The predicted molar refractivity (Wildman–Crippen MR) is 255 cm³/mol. The number of hydrogen-bond donors (Lipinski definition) is 4. The quantitative estimate of drug-likeness (QED) is 0.0690. The number of nitrogens with zero attached hydrogens (tertiary/aromatic N) is 2. The first-order chi connectivity index (χ1) is 30.8. The lowest BCUT2D eigenvalue weighted by molar-refractivity contribution is -0.140. The fraction of sp³-hybridized carbons (Fsp3) is 0.370. The van der Waals surface area contributed by atoms with E-state index in [9.17, 15) is 40.8 Å². The SMILES string of the molecule is C#C.C#C.C=C.C=C.CC(C)(C)[C@H](Nc1nc(-c2ccc(C(F)(F)F)cc2)cs1)C(=O)N1CCC[C@H]1C(=O)NC1CC1.COc1c[nH]c(=O)c2cc(Cl)ccc12.O=CNS(=O)(=O)C1CC1.